The van der Waals surface area contributed by atoms with Gasteiger partial charge >= 0.3 is 0 Å². The lowest BCUT2D eigenvalue weighted by Crippen LogP contribution is -2.13. The van der Waals surface area contributed by atoms with E-state index in [9.17, 15) is 8.42 Å². The predicted octanol–water partition coefficient (Wildman–Crippen LogP) is 3.43. The highest BCUT2D eigenvalue weighted by atomic mass is 32.2. The summed E-state index contributed by atoms with van der Waals surface area (Å²) in [5, 5.41) is 10.8. The van der Waals surface area contributed by atoms with Gasteiger partial charge in [-0.15, -0.1) is 0 Å². The minimum atomic E-state index is -3.62. The zero-order valence-corrected chi connectivity index (χ0v) is 13.9. The molecule has 1 aliphatic rings. The van der Waals surface area contributed by atoms with Crippen molar-refractivity contribution in [2.24, 2.45) is 0 Å². The summed E-state index contributed by atoms with van der Waals surface area (Å²) < 4.78 is 27.6. The van der Waals surface area contributed by atoms with Crippen molar-refractivity contribution in [2.75, 3.05) is 4.72 Å². The molecule has 23 heavy (non-hydrogen) atoms. The van der Waals surface area contributed by atoms with E-state index < -0.39 is 10.0 Å². The second-order valence-corrected chi connectivity index (χ2v) is 8.03. The Hall–Kier alpha value is -2.12. The second kappa shape index (κ2) is 5.50. The zero-order valence-electron chi connectivity index (χ0n) is 12.2. The van der Waals surface area contributed by atoms with Gasteiger partial charge in [0, 0.05) is 17.0 Å². The summed E-state index contributed by atoms with van der Waals surface area (Å²) >= 11 is 1.58. The van der Waals surface area contributed by atoms with E-state index in [1.54, 1.807) is 29.5 Å². The van der Waals surface area contributed by atoms with Gasteiger partial charge in [-0.2, -0.15) is 16.4 Å². The summed E-state index contributed by atoms with van der Waals surface area (Å²) in [7, 11) is -3.62. The third-order valence-electron chi connectivity index (χ3n) is 4.03. The standard InChI is InChI=1S/C16H15N3O2S2/c20-23(21,14-5-4-11-2-1-3-12(11)8-14)19-16-9-15(17-18-16)13-6-7-22-10-13/h4-10H,1-3H2,(H2,17,18,19). The number of aryl methyl sites for hydroxylation is 2. The summed E-state index contributed by atoms with van der Waals surface area (Å²) in [5.41, 5.74) is 4.17. The third kappa shape index (κ3) is 2.77. The molecule has 0 amide bonds. The van der Waals surface area contributed by atoms with Crippen LogP contribution in [0.4, 0.5) is 5.82 Å². The lowest BCUT2D eigenvalue weighted by atomic mass is 10.1. The van der Waals surface area contributed by atoms with Gasteiger partial charge in [0.05, 0.1) is 10.6 Å². The Morgan fingerprint density at radius 2 is 2.00 bits per heavy atom. The summed E-state index contributed by atoms with van der Waals surface area (Å²) in [5.74, 6) is 0.298. The van der Waals surface area contributed by atoms with Crippen LogP contribution in [0.1, 0.15) is 17.5 Å². The number of hydrogen-bond acceptors (Lipinski definition) is 4. The SMILES string of the molecule is O=S(=O)(Nc1cc(-c2ccsc2)[nH]n1)c1ccc2c(c1)CCC2. The number of benzene rings is 1. The van der Waals surface area contributed by atoms with Crippen LogP contribution in [0.25, 0.3) is 11.3 Å². The summed E-state index contributed by atoms with van der Waals surface area (Å²) in [4.78, 5) is 0.290. The van der Waals surface area contributed by atoms with Gasteiger partial charge in [0.2, 0.25) is 0 Å². The highest BCUT2D eigenvalue weighted by molar-refractivity contribution is 7.92. The number of aromatic nitrogens is 2. The van der Waals surface area contributed by atoms with Crippen molar-refractivity contribution in [3.8, 4) is 11.3 Å². The number of H-pyrrole nitrogens is 1. The van der Waals surface area contributed by atoms with Gasteiger partial charge in [0.25, 0.3) is 10.0 Å². The highest BCUT2D eigenvalue weighted by Gasteiger charge is 2.19. The number of fused-ring (bicyclic) bond motifs is 1. The molecule has 0 fully saturated rings. The number of hydrogen-bond donors (Lipinski definition) is 2. The molecule has 2 N–H and O–H groups in total. The molecule has 0 atom stereocenters. The predicted molar refractivity (Wildman–Crippen MR) is 91.2 cm³/mol. The van der Waals surface area contributed by atoms with Crippen molar-refractivity contribution in [2.45, 2.75) is 24.2 Å². The van der Waals surface area contributed by atoms with Crippen LogP contribution in [-0.2, 0) is 22.9 Å². The third-order valence-corrected chi connectivity index (χ3v) is 6.06. The Balaban J connectivity index is 1.60. The van der Waals surface area contributed by atoms with Gasteiger partial charge in [-0.3, -0.25) is 9.82 Å². The Labute approximate surface area is 138 Å². The Morgan fingerprint density at radius 1 is 1.13 bits per heavy atom. The molecule has 0 radical (unpaired) electrons. The molecule has 5 nitrogen and oxygen atoms in total. The van der Waals surface area contributed by atoms with Crippen LogP contribution in [0.5, 0.6) is 0 Å². The largest absolute Gasteiger partial charge is 0.276 e. The van der Waals surface area contributed by atoms with Gasteiger partial charge in [-0.1, -0.05) is 6.07 Å². The van der Waals surface area contributed by atoms with E-state index in [0.29, 0.717) is 10.7 Å². The van der Waals surface area contributed by atoms with E-state index in [4.69, 9.17) is 0 Å². The lowest BCUT2D eigenvalue weighted by Gasteiger charge is -2.07. The first-order valence-corrected chi connectivity index (χ1v) is 9.77. The van der Waals surface area contributed by atoms with Crippen molar-refractivity contribution < 1.29 is 8.42 Å². The Morgan fingerprint density at radius 3 is 2.83 bits per heavy atom. The number of nitrogens with zero attached hydrogens (tertiary/aromatic N) is 1. The van der Waals surface area contributed by atoms with E-state index in [-0.39, 0.29) is 0 Å². The zero-order chi connectivity index (χ0) is 15.9. The van der Waals surface area contributed by atoms with Crippen molar-refractivity contribution in [3.05, 3.63) is 52.2 Å². The van der Waals surface area contributed by atoms with Crippen LogP contribution in [0.15, 0.2) is 46.0 Å². The Bertz CT molecular complexity index is 944. The van der Waals surface area contributed by atoms with Crippen molar-refractivity contribution in [3.63, 3.8) is 0 Å². The van der Waals surface area contributed by atoms with E-state index in [1.807, 2.05) is 22.9 Å². The second-order valence-electron chi connectivity index (χ2n) is 5.57. The monoisotopic (exact) mass is 345 g/mol. The first-order valence-electron chi connectivity index (χ1n) is 7.34. The maximum Gasteiger partial charge on any atom is 0.263 e. The van der Waals surface area contributed by atoms with Crippen LogP contribution in [-0.4, -0.2) is 18.6 Å². The van der Waals surface area contributed by atoms with Crippen molar-refractivity contribution >= 4 is 27.2 Å². The number of aromatic amines is 1. The molecule has 3 aromatic rings. The van der Waals surface area contributed by atoms with E-state index >= 15 is 0 Å². The molecular weight excluding hydrogens is 330 g/mol. The van der Waals surface area contributed by atoms with Gasteiger partial charge in [-0.25, -0.2) is 8.42 Å². The van der Waals surface area contributed by atoms with Crippen LogP contribution >= 0.6 is 11.3 Å². The van der Waals surface area contributed by atoms with E-state index in [0.717, 1.165) is 36.1 Å². The molecule has 0 unspecified atom stereocenters. The molecule has 4 rings (SSSR count). The fourth-order valence-electron chi connectivity index (χ4n) is 2.85. The van der Waals surface area contributed by atoms with Crippen LogP contribution in [0.2, 0.25) is 0 Å². The van der Waals surface area contributed by atoms with Gasteiger partial charge in [0.15, 0.2) is 5.82 Å². The number of rotatable bonds is 4. The summed E-state index contributed by atoms with van der Waals surface area (Å²) in [6, 6.07) is 9.01. The maximum atomic E-state index is 12.5. The molecule has 1 aliphatic carbocycles. The van der Waals surface area contributed by atoms with Crippen LogP contribution in [0, 0.1) is 0 Å². The molecular formula is C16H15N3O2S2. The normalized spacial score (nSPS) is 13.9. The van der Waals surface area contributed by atoms with Gasteiger partial charge < -0.3 is 0 Å². The maximum absolute atomic E-state index is 12.5. The smallest absolute Gasteiger partial charge is 0.263 e. The average Bonchev–Trinajstić information content (AvgIpc) is 3.27. The number of sulfonamides is 1. The van der Waals surface area contributed by atoms with Gasteiger partial charge in [-0.05, 0) is 54.0 Å². The van der Waals surface area contributed by atoms with Gasteiger partial charge in [0.1, 0.15) is 0 Å². The molecule has 0 saturated heterocycles. The molecule has 0 spiro atoms. The number of thiophene rings is 1. The Kier molecular flexibility index (Phi) is 3.46. The van der Waals surface area contributed by atoms with Crippen molar-refractivity contribution in [1.82, 2.24) is 10.2 Å². The minimum absolute atomic E-state index is 0.290. The fraction of sp³-hybridized carbons (Fsp3) is 0.188. The quantitative estimate of drug-likeness (QED) is 0.761. The highest BCUT2D eigenvalue weighted by Crippen LogP contribution is 2.27. The fourth-order valence-corrected chi connectivity index (χ4v) is 4.55. The molecule has 2 heterocycles. The molecule has 0 aliphatic heterocycles. The van der Waals surface area contributed by atoms with E-state index in [1.165, 1.54) is 5.56 Å². The first-order chi connectivity index (χ1) is 11.1. The molecule has 0 saturated carbocycles. The molecule has 1 aromatic carbocycles. The van der Waals surface area contributed by atoms with E-state index in [2.05, 4.69) is 14.9 Å². The van der Waals surface area contributed by atoms with Crippen LogP contribution < -0.4 is 4.72 Å². The molecule has 118 valence electrons. The average molecular weight is 345 g/mol. The lowest BCUT2D eigenvalue weighted by molar-refractivity contribution is 0.601. The number of anilines is 1. The van der Waals surface area contributed by atoms with Crippen LogP contribution in [0.3, 0.4) is 0 Å². The molecule has 7 heteroatoms. The summed E-state index contributed by atoms with van der Waals surface area (Å²) in [6.07, 6.45) is 3.07. The first kappa shape index (κ1) is 14.5. The topological polar surface area (TPSA) is 74.8 Å². The summed E-state index contributed by atoms with van der Waals surface area (Å²) in [6.45, 7) is 0. The molecule has 2 aromatic heterocycles. The number of nitrogens with one attached hydrogen (secondary N) is 2. The molecule has 0 bridgehead atoms. The minimum Gasteiger partial charge on any atom is -0.276 e. The van der Waals surface area contributed by atoms with Crippen molar-refractivity contribution in [1.29, 1.82) is 0 Å².